The number of phenolic OH excluding ortho intramolecular Hbond substituents is 1. The molecule has 2 aliphatic heterocycles. The zero-order valence-electron chi connectivity index (χ0n) is 19.3. The first-order valence-electron chi connectivity index (χ1n) is 12.2. The Morgan fingerprint density at radius 3 is 2.21 bits per heavy atom. The van der Waals surface area contributed by atoms with Crippen LogP contribution in [0, 0.1) is 11.8 Å². The predicted molar refractivity (Wildman–Crippen MR) is 125 cm³/mol. The van der Waals surface area contributed by atoms with Crippen LogP contribution < -0.4 is 10.6 Å². The fraction of sp³-hybridized carbons (Fsp3) is 0.640. The lowest BCUT2D eigenvalue weighted by atomic mass is 9.91. The summed E-state index contributed by atoms with van der Waals surface area (Å²) in [5.41, 5.74) is 0.876. The average molecular weight is 460 g/mol. The van der Waals surface area contributed by atoms with Gasteiger partial charge in [0.2, 0.25) is 11.8 Å². The van der Waals surface area contributed by atoms with Crippen molar-refractivity contribution in [1.82, 2.24) is 15.5 Å². The average Bonchev–Trinajstić information content (AvgIpc) is 2.83. The van der Waals surface area contributed by atoms with Crippen molar-refractivity contribution >= 4 is 17.8 Å². The highest BCUT2D eigenvalue weighted by Gasteiger charge is 2.30. The fourth-order valence-electron chi connectivity index (χ4n) is 4.83. The van der Waals surface area contributed by atoms with Crippen LogP contribution in [0.2, 0.25) is 0 Å². The Hall–Kier alpha value is -2.61. The third-order valence-electron chi connectivity index (χ3n) is 6.94. The number of rotatable bonds is 10. The maximum absolute atomic E-state index is 13.3. The molecule has 2 fully saturated rings. The van der Waals surface area contributed by atoms with Crippen LogP contribution in [-0.4, -0.2) is 65.1 Å². The molecule has 0 aliphatic carbocycles. The van der Waals surface area contributed by atoms with Crippen molar-refractivity contribution in [1.29, 1.82) is 0 Å². The number of carbonyl (C=O) groups is 3. The molecule has 3 rings (SSSR count). The quantitative estimate of drug-likeness (QED) is 0.426. The predicted octanol–water partition coefficient (Wildman–Crippen LogP) is 2.30. The van der Waals surface area contributed by atoms with Gasteiger partial charge < -0.3 is 25.7 Å². The summed E-state index contributed by atoms with van der Waals surface area (Å²) in [6.45, 7) is 3.16. The van der Waals surface area contributed by atoms with Crippen LogP contribution in [0.15, 0.2) is 24.3 Å². The minimum absolute atomic E-state index is 0.0880. The number of piperidine rings is 2. The molecule has 0 spiro atoms. The number of phenols is 1. The summed E-state index contributed by atoms with van der Waals surface area (Å²) < 4.78 is 0. The number of hydrogen-bond donors (Lipinski definition) is 4. The smallest absolute Gasteiger partial charge is 0.303 e. The summed E-state index contributed by atoms with van der Waals surface area (Å²) in [6.07, 6.45) is 6.17. The summed E-state index contributed by atoms with van der Waals surface area (Å²) in [6, 6.07) is 6.07. The molecule has 0 unspecified atom stereocenters. The number of carbonyl (C=O) groups excluding carboxylic acids is 2. The molecule has 2 saturated heterocycles. The van der Waals surface area contributed by atoms with Gasteiger partial charge >= 0.3 is 5.97 Å². The largest absolute Gasteiger partial charge is 0.508 e. The van der Waals surface area contributed by atoms with E-state index in [9.17, 15) is 19.5 Å². The topological polar surface area (TPSA) is 119 Å². The van der Waals surface area contributed by atoms with E-state index in [2.05, 4.69) is 10.6 Å². The summed E-state index contributed by atoms with van der Waals surface area (Å²) in [5, 5.41) is 24.8. The number of carboxylic acid groups (broad SMARTS) is 1. The molecule has 1 aromatic carbocycles. The second kappa shape index (κ2) is 12.6. The SMILES string of the molecule is O=C(O)CCC1CCN(C(=O)[C@H](Cc2ccc(O)cc2)NC(=O)CCC2CCNCC2)CC1. The first-order chi connectivity index (χ1) is 15.9. The van der Waals surface area contributed by atoms with Crippen LogP contribution >= 0.6 is 0 Å². The Kier molecular flexibility index (Phi) is 9.54. The summed E-state index contributed by atoms with van der Waals surface area (Å²) >= 11 is 0. The van der Waals surface area contributed by atoms with Gasteiger partial charge in [0.15, 0.2) is 0 Å². The van der Waals surface area contributed by atoms with Crippen molar-refractivity contribution in [2.24, 2.45) is 11.8 Å². The van der Waals surface area contributed by atoms with E-state index in [0.29, 0.717) is 44.2 Å². The van der Waals surface area contributed by atoms with E-state index in [-0.39, 0.29) is 24.0 Å². The molecule has 0 radical (unpaired) electrons. The van der Waals surface area contributed by atoms with E-state index < -0.39 is 12.0 Å². The molecule has 2 amide bonds. The second-order valence-electron chi connectivity index (χ2n) is 9.42. The van der Waals surface area contributed by atoms with E-state index in [4.69, 9.17) is 5.11 Å². The maximum Gasteiger partial charge on any atom is 0.303 e. The van der Waals surface area contributed by atoms with Gasteiger partial charge in [-0.25, -0.2) is 0 Å². The fourth-order valence-corrected chi connectivity index (χ4v) is 4.83. The molecule has 4 N–H and O–H groups in total. The summed E-state index contributed by atoms with van der Waals surface area (Å²) in [5.74, 6) is 0.0658. The Morgan fingerprint density at radius 2 is 1.58 bits per heavy atom. The van der Waals surface area contributed by atoms with Gasteiger partial charge in [-0.15, -0.1) is 0 Å². The first-order valence-corrected chi connectivity index (χ1v) is 12.2. The Labute approximate surface area is 195 Å². The molecule has 2 heterocycles. The molecule has 0 bridgehead atoms. The van der Waals surface area contributed by atoms with Crippen LogP contribution in [0.1, 0.15) is 56.9 Å². The molecule has 1 aromatic rings. The number of nitrogens with one attached hydrogen (secondary N) is 2. The van der Waals surface area contributed by atoms with Gasteiger partial charge in [0.25, 0.3) is 0 Å². The number of hydrogen-bond acceptors (Lipinski definition) is 5. The van der Waals surface area contributed by atoms with Gasteiger partial charge in [-0.05, 0) is 81.1 Å². The van der Waals surface area contributed by atoms with Crippen molar-refractivity contribution in [3.63, 3.8) is 0 Å². The number of likely N-dealkylation sites (tertiary alicyclic amines) is 1. The van der Waals surface area contributed by atoms with Gasteiger partial charge in [-0.2, -0.15) is 0 Å². The van der Waals surface area contributed by atoms with Gasteiger partial charge in [0.1, 0.15) is 11.8 Å². The normalized spacial score (nSPS) is 18.6. The molecule has 8 heteroatoms. The minimum atomic E-state index is -0.783. The van der Waals surface area contributed by atoms with Crippen molar-refractivity contribution in [2.45, 2.75) is 63.8 Å². The van der Waals surface area contributed by atoms with Crippen LogP contribution in [0.4, 0.5) is 0 Å². The lowest BCUT2D eigenvalue weighted by Crippen LogP contribution is -2.51. The minimum Gasteiger partial charge on any atom is -0.508 e. The number of nitrogens with zero attached hydrogens (tertiary/aromatic N) is 1. The molecule has 182 valence electrons. The molecular weight excluding hydrogens is 422 g/mol. The Balaban J connectivity index is 1.57. The van der Waals surface area contributed by atoms with E-state index in [1.54, 1.807) is 29.2 Å². The highest BCUT2D eigenvalue weighted by Crippen LogP contribution is 2.23. The monoisotopic (exact) mass is 459 g/mol. The van der Waals surface area contributed by atoms with E-state index in [0.717, 1.165) is 50.8 Å². The molecule has 2 aliphatic rings. The van der Waals surface area contributed by atoms with Gasteiger partial charge in [-0.3, -0.25) is 14.4 Å². The third kappa shape index (κ3) is 8.35. The number of carboxylic acids is 1. The van der Waals surface area contributed by atoms with Crippen molar-refractivity contribution in [2.75, 3.05) is 26.2 Å². The third-order valence-corrected chi connectivity index (χ3v) is 6.94. The molecule has 33 heavy (non-hydrogen) atoms. The lowest BCUT2D eigenvalue weighted by Gasteiger charge is -2.34. The van der Waals surface area contributed by atoms with Gasteiger partial charge in [0.05, 0.1) is 0 Å². The van der Waals surface area contributed by atoms with Crippen molar-refractivity contribution in [3.8, 4) is 5.75 Å². The number of aromatic hydroxyl groups is 1. The zero-order valence-corrected chi connectivity index (χ0v) is 19.3. The van der Waals surface area contributed by atoms with E-state index >= 15 is 0 Å². The second-order valence-corrected chi connectivity index (χ2v) is 9.42. The molecule has 0 aromatic heterocycles. The maximum atomic E-state index is 13.3. The van der Waals surface area contributed by atoms with Gasteiger partial charge in [0, 0.05) is 32.4 Å². The Morgan fingerprint density at radius 1 is 0.970 bits per heavy atom. The molecule has 1 atom stereocenters. The number of aliphatic carboxylic acids is 1. The molecule has 8 nitrogen and oxygen atoms in total. The number of amides is 2. The standard InChI is InChI=1S/C25H37N3O5/c29-21-5-1-20(2-6-21)17-22(27-23(30)7-3-18-9-13-26-14-10-18)25(33)28-15-11-19(12-16-28)4-8-24(31)32/h1-2,5-6,18-19,22,26,29H,3-4,7-17H2,(H,27,30)(H,31,32)/t22-/m0/s1. The summed E-state index contributed by atoms with van der Waals surface area (Å²) in [7, 11) is 0. The van der Waals surface area contributed by atoms with E-state index in [1.165, 1.54) is 0 Å². The van der Waals surface area contributed by atoms with Crippen molar-refractivity contribution < 1.29 is 24.6 Å². The highest BCUT2D eigenvalue weighted by molar-refractivity contribution is 5.88. The van der Waals surface area contributed by atoms with Crippen LogP contribution in [0.25, 0.3) is 0 Å². The summed E-state index contributed by atoms with van der Waals surface area (Å²) in [4.78, 5) is 38.7. The first kappa shape index (κ1) is 25.0. The van der Waals surface area contributed by atoms with Crippen LogP contribution in [-0.2, 0) is 20.8 Å². The number of benzene rings is 1. The lowest BCUT2D eigenvalue weighted by molar-refractivity contribution is -0.139. The zero-order chi connectivity index (χ0) is 23.6. The van der Waals surface area contributed by atoms with Crippen molar-refractivity contribution in [3.05, 3.63) is 29.8 Å². The van der Waals surface area contributed by atoms with Crippen LogP contribution in [0.5, 0.6) is 5.75 Å². The highest BCUT2D eigenvalue weighted by atomic mass is 16.4. The molecule has 0 saturated carbocycles. The van der Waals surface area contributed by atoms with Crippen LogP contribution in [0.3, 0.4) is 0 Å². The molecular formula is C25H37N3O5. The van der Waals surface area contributed by atoms with Gasteiger partial charge in [-0.1, -0.05) is 12.1 Å². The Bertz CT molecular complexity index is 784. The van der Waals surface area contributed by atoms with E-state index in [1.807, 2.05) is 0 Å².